The number of hydrogen-bond acceptors (Lipinski definition) is 7. The third-order valence-corrected chi connectivity index (χ3v) is 3.22. The van der Waals surface area contributed by atoms with Gasteiger partial charge in [-0.25, -0.2) is 0 Å². The fourth-order valence-electron chi connectivity index (χ4n) is 1.84. The third-order valence-electron chi connectivity index (χ3n) is 3.22. The van der Waals surface area contributed by atoms with Crippen LogP contribution in [0.4, 0.5) is 0 Å². The first kappa shape index (κ1) is 38.4. The molecule has 0 aromatic heterocycles. The Morgan fingerprint density at radius 1 is 0.704 bits per heavy atom. The Morgan fingerprint density at radius 3 is 1.22 bits per heavy atom. The van der Waals surface area contributed by atoms with E-state index in [0.717, 1.165) is 6.54 Å². The van der Waals surface area contributed by atoms with Gasteiger partial charge in [0, 0.05) is 18.5 Å². The average molecular weight is 408 g/mol. The molecule has 0 aliphatic heterocycles. The maximum atomic E-state index is 9.50. The summed E-state index contributed by atoms with van der Waals surface area (Å²) in [6, 6.07) is 0. The van der Waals surface area contributed by atoms with E-state index in [2.05, 4.69) is 6.92 Å². The van der Waals surface area contributed by atoms with Gasteiger partial charge in [0.15, 0.2) is 0 Å². The van der Waals surface area contributed by atoms with E-state index in [1.807, 2.05) is 0 Å². The van der Waals surface area contributed by atoms with Gasteiger partial charge in [0.25, 0.3) is 0 Å². The molecule has 0 aliphatic rings. The first-order chi connectivity index (χ1) is 12.0. The van der Waals surface area contributed by atoms with Gasteiger partial charge >= 0.3 is 59.1 Å². The molecule has 0 saturated heterocycles. The van der Waals surface area contributed by atoms with Gasteiger partial charge in [0.2, 0.25) is 0 Å². The zero-order valence-electron chi connectivity index (χ0n) is 17.8. The van der Waals surface area contributed by atoms with Crippen molar-refractivity contribution in [3.05, 3.63) is 0 Å². The zero-order valence-corrected chi connectivity index (χ0v) is 21.8. The van der Waals surface area contributed by atoms with E-state index in [4.69, 9.17) is 16.6 Å². The molecule has 0 spiro atoms. The second-order valence-corrected chi connectivity index (χ2v) is 5.73. The molecule has 0 bridgehead atoms. The Labute approximate surface area is 209 Å². The summed E-state index contributed by atoms with van der Waals surface area (Å²) in [6.45, 7) is 3.61. The van der Waals surface area contributed by atoms with Crippen LogP contribution in [0.25, 0.3) is 0 Å². The van der Waals surface area contributed by atoms with Crippen LogP contribution < -0.4 is 80.8 Å². The summed E-state index contributed by atoms with van der Waals surface area (Å²) >= 11 is 0. The SMILES string of the molecule is CCCCCCCCCCCCN.NCCO.O=C([O-])CCC(=O)[O-].[Na+].[Na+]. The van der Waals surface area contributed by atoms with Crippen LogP contribution in [0.1, 0.15) is 84.0 Å². The molecule has 0 rings (SSSR count). The van der Waals surface area contributed by atoms with E-state index in [0.29, 0.717) is 6.54 Å². The number of rotatable bonds is 14. The van der Waals surface area contributed by atoms with Crippen LogP contribution in [0, 0.1) is 0 Å². The van der Waals surface area contributed by atoms with Crippen LogP contribution in [-0.4, -0.2) is 36.7 Å². The van der Waals surface area contributed by atoms with Gasteiger partial charge in [-0.05, 0) is 25.8 Å². The Balaban J connectivity index is -0.0000000994. The predicted molar refractivity (Wildman–Crippen MR) is 96.3 cm³/mol. The topological polar surface area (TPSA) is 153 Å². The molecule has 152 valence electrons. The molecular weight excluding hydrogens is 370 g/mol. The third kappa shape index (κ3) is 58.4. The van der Waals surface area contributed by atoms with Crippen LogP contribution >= 0.6 is 0 Å². The van der Waals surface area contributed by atoms with Crippen molar-refractivity contribution in [3.8, 4) is 0 Å². The Kier molecular flexibility index (Phi) is 53.4. The molecule has 27 heavy (non-hydrogen) atoms. The Morgan fingerprint density at radius 2 is 1.00 bits per heavy atom. The van der Waals surface area contributed by atoms with Crippen LogP contribution in [0.15, 0.2) is 0 Å². The number of carbonyl (C=O) groups excluding carboxylic acids is 2. The average Bonchev–Trinajstić information content (AvgIpc) is 2.59. The van der Waals surface area contributed by atoms with Crippen LogP contribution in [-0.2, 0) is 9.59 Å². The maximum Gasteiger partial charge on any atom is 1.00 e. The zero-order chi connectivity index (χ0) is 19.8. The fourth-order valence-corrected chi connectivity index (χ4v) is 1.84. The van der Waals surface area contributed by atoms with Gasteiger partial charge in [0.1, 0.15) is 0 Å². The Hall–Kier alpha value is 0.820. The number of carbonyl (C=O) groups is 2. The molecule has 0 heterocycles. The van der Waals surface area contributed by atoms with Crippen molar-refractivity contribution >= 4 is 11.9 Å². The van der Waals surface area contributed by atoms with Gasteiger partial charge in [-0.3, -0.25) is 0 Å². The van der Waals surface area contributed by atoms with Gasteiger partial charge in [0.05, 0.1) is 6.61 Å². The quantitative estimate of drug-likeness (QED) is 0.191. The molecule has 0 aromatic carbocycles. The molecule has 0 unspecified atom stereocenters. The minimum Gasteiger partial charge on any atom is -0.550 e. The molecule has 5 N–H and O–H groups in total. The molecular formula is C18H38N2Na2O5. The summed E-state index contributed by atoms with van der Waals surface area (Å²) in [6.07, 6.45) is 13.0. The van der Waals surface area contributed by atoms with Crippen LogP contribution in [0.3, 0.4) is 0 Å². The molecule has 0 saturated carbocycles. The summed E-state index contributed by atoms with van der Waals surface area (Å²) < 4.78 is 0. The second kappa shape index (κ2) is 37.6. The van der Waals surface area contributed by atoms with Crippen molar-refractivity contribution in [1.29, 1.82) is 0 Å². The molecule has 0 fully saturated rings. The number of aliphatic hydroxyl groups is 1. The Bertz CT molecular complexity index is 260. The van der Waals surface area contributed by atoms with E-state index in [1.165, 1.54) is 64.2 Å². The minimum atomic E-state index is -1.37. The van der Waals surface area contributed by atoms with Gasteiger partial charge in [-0.1, -0.05) is 64.7 Å². The van der Waals surface area contributed by atoms with E-state index in [1.54, 1.807) is 0 Å². The van der Waals surface area contributed by atoms with Crippen molar-refractivity contribution in [2.24, 2.45) is 11.5 Å². The number of aliphatic carboxylic acids is 2. The maximum absolute atomic E-state index is 9.50. The summed E-state index contributed by atoms with van der Waals surface area (Å²) in [5.41, 5.74) is 10.2. The van der Waals surface area contributed by atoms with E-state index < -0.39 is 24.8 Å². The number of carboxylic acid groups (broad SMARTS) is 2. The molecule has 0 aromatic rings. The number of carboxylic acids is 2. The summed E-state index contributed by atoms with van der Waals surface area (Å²) in [5, 5.41) is 26.8. The standard InChI is InChI=1S/C12H27N.C4H6O4.C2H7NO.2Na/c1-2-3-4-5-6-7-8-9-10-11-12-13;5-3(6)1-2-4(7)8;3-1-2-4;;/h2-13H2,1H3;1-2H2,(H,5,6)(H,7,8);4H,1-3H2;;/q;;;2*+1/p-2. The molecule has 0 amide bonds. The monoisotopic (exact) mass is 408 g/mol. The number of unbranched alkanes of at least 4 members (excludes halogenated alkanes) is 9. The van der Waals surface area contributed by atoms with Crippen molar-refractivity contribution < 1.29 is 84.0 Å². The van der Waals surface area contributed by atoms with E-state index >= 15 is 0 Å². The summed E-state index contributed by atoms with van der Waals surface area (Å²) in [4.78, 5) is 19.0. The van der Waals surface area contributed by atoms with Gasteiger partial charge in [-0.15, -0.1) is 0 Å². The smallest absolute Gasteiger partial charge is 0.550 e. The minimum absolute atomic E-state index is 0. The molecule has 7 nitrogen and oxygen atoms in total. The van der Waals surface area contributed by atoms with E-state index in [9.17, 15) is 19.8 Å². The number of nitrogens with two attached hydrogens (primary N) is 2. The fraction of sp³-hybridized carbons (Fsp3) is 0.889. The molecule has 0 atom stereocenters. The number of aliphatic hydroxyl groups excluding tert-OH is 1. The first-order valence-electron chi connectivity index (χ1n) is 9.36. The van der Waals surface area contributed by atoms with Crippen molar-refractivity contribution in [3.63, 3.8) is 0 Å². The van der Waals surface area contributed by atoms with Crippen molar-refractivity contribution in [2.45, 2.75) is 84.0 Å². The molecule has 9 heteroatoms. The van der Waals surface area contributed by atoms with Crippen LogP contribution in [0.2, 0.25) is 0 Å². The van der Waals surface area contributed by atoms with Crippen molar-refractivity contribution in [1.82, 2.24) is 0 Å². The van der Waals surface area contributed by atoms with Gasteiger partial charge in [-0.2, -0.15) is 0 Å². The second-order valence-electron chi connectivity index (χ2n) is 5.73. The van der Waals surface area contributed by atoms with Gasteiger partial charge < -0.3 is 36.4 Å². The summed E-state index contributed by atoms with van der Waals surface area (Å²) in [5.74, 6) is -2.73. The normalized spacial score (nSPS) is 8.74. The first-order valence-corrected chi connectivity index (χ1v) is 9.36. The van der Waals surface area contributed by atoms with E-state index in [-0.39, 0.29) is 65.7 Å². The predicted octanol–water partition coefficient (Wildman–Crippen LogP) is -5.92. The van der Waals surface area contributed by atoms with Crippen LogP contribution in [0.5, 0.6) is 0 Å². The molecule has 0 aliphatic carbocycles. The number of hydrogen-bond donors (Lipinski definition) is 3. The molecule has 0 radical (unpaired) electrons. The largest absolute Gasteiger partial charge is 1.00 e. The van der Waals surface area contributed by atoms with Crippen molar-refractivity contribution in [2.75, 3.05) is 19.7 Å². The summed E-state index contributed by atoms with van der Waals surface area (Å²) in [7, 11) is 0.